The van der Waals surface area contributed by atoms with Crippen molar-refractivity contribution in [2.45, 2.75) is 0 Å². The van der Waals surface area contributed by atoms with Gasteiger partial charge in [-0.2, -0.15) is 0 Å². The second kappa shape index (κ2) is 3.88. The Kier molecular flexibility index (Phi) is 2.82. The number of nitro benzene ring substituents is 2. The molecule has 0 aromatic heterocycles. The van der Waals surface area contributed by atoms with Gasteiger partial charge in [0.25, 0.3) is 11.4 Å². The van der Waals surface area contributed by atoms with Crippen LogP contribution in [0.4, 0.5) is 17.1 Å². The molecule has 8 heteroatoms. The van der Waals surface area contributed by atoms with E-state index in [1.165, 1.54) is 6.07 Å². The molecule has 0 heterocycles. The molecule has 14 heavy (non-hydrogen) atoms. The summed E-state index contributed by atoms with van der Waals surface area (Å²) in [6.07, 6.45) is 0. The first-order chi connectivity index (χ1) is 6.56. The Labute approximate surface area is 82.7 Å². The van der Waals surface area contributed by atoms with Gasteiger partial charge in [0.2, 0.25) is 0 Å². The number of benzene rings is 1. The van der Waals surface area contributed by atoms with Crippen molar-refractivity contribution in [3.05, 3.63) is 38.4 Å². The van der Waals surface area contributed by atoms with E-state index in [2.05, 4.69) is 4.84 Å². The van der Waals surface area contributed by atoms with Crippen molar-refractivity contribution in [3.63, 3.8) is 0 Å². The highest BCUT2D eigenvalue weighted by Crippen LogP contribution is 2.29. The molecule has 0 fully saturated rings. The lowest BCUT2D eigenvalue weighted by atomic mass is 10.2. The molecule has 0 spiro atoms. The predicted molar refractivity (Wildman–Crippen MR) is 49.2 cm³/mol. The largest absolute Gasteiger partial charge is 0.300 e. The van der Waals surface area contributed by atoms with Gasteiger partial charge < -0.3 is 0 Å². The van der Waals surface area contributed by atoms with Crippen LogP contribution in [-0.2, 0) is 0 Å². The fourth-order valence-corrected chi connectivity index (χ4v) is 1.02. The van der Waals surface area contributed by atoms with Crippen LogP contribution in [0.25, 0.3) is 0 Å². The maximum absolute atomic E-state index is 10.4. The van der Waals surface area contributed by atoms with Crippen molar-refractivity contribution >= 4 is 28.8 Å². The summed E-state index contributed by atoms with van der Waals surface area (Å²) in [7, 11) is 0. The van der Waals surface area contributed by atoms with E-state index in [-0.39, 0.29) is 11.4 Å². The lowest BCUT2D eigenvalue weighted by Crippen LogP contribution is -1.95. The van der Waals surface area contributed by atoms with Crippen LogP contribution in [0.2, 0.25) is 0 Å². The number of hydrogen-bond acceptors (Lipinski definition) is 5. The Morgan fingerprint density at radius 3 is 2.29 bits per heavy atom. The van der Waals surface area contributed by atoms with E-state index < -0.39 is 15.5 Å². The lowest BCUT2D eigenvalue weighted by molar-refractivity contribution is -0.393. The summed E-state index contributed by atoms with van der Waals surface area (Å²) in [5.41, 5.74) is -0.774. The average molecular weight is 218 g/mol. The molecular weight excluding hydrogens is 214 g/mol. The zero-order chi connectivity index (χ0) is 10.7. The molecule has 0 unspecified atom stereocenters. The van der Waals surface area contributed by atoms with E-state index >= 15 is 0 Å². The van der Waals surface area contributed by atoms with E-state index in [1.807, 2.05) is 0 Å². The number of halogens is 1. The van der Waals surface area contributed by atoms with Crippen LogP contribution in [0.3, 0.4) is 0 Å². The van der Waals surface area contributed by atoms with Gasteiger partial charge in [0.15, 0.2) is 0 Å². The molecule has 1 rings (SSSR count). The van der Waals surface area contributed by atoms with Crippen LogP contribution in [0.5, 0.6) is 0 Å². The summed E-state index contributed by atoms with van der Waals surface area (Å²) in [6, 6.07) is 3.13. The molecule has 0 aliphatic carbocycles. The summed E-state index contributed by atoms with van der Waals surface area (Å²) in [6.45, 7) is 0. The first-order valence-electron chi connectivity index (χ1n) is 3.35. The Morgan fingerprint density at radius 1 is 1.21 bits per heavy atom. The van der Waals surface area contributed by atoms with Crippen LogP contribution in [0, 0.1) is 20.2 Å². The topological polar surface area (TPSA) is 98.3 Å². The Balaban J connectivity index is 3.27. The standard InChI is InChI=1S/C6H4ClN3O4/c7-8-5-2-1-4(9(11)12)3-6(5)10(13)14/h1-3,8H. The van der Waals surface area contributed by atoms with Crippen LogP contribution in [0.15, 0.2) is 18.2 Å². The molecule has 1 N–H and O–H groups in total. The quantitative estimate of drug-likeness (QED) is 0.475. The molecular formula is C6H4ClN3O4. The van der Waals surface area contributed by atoms with E-state index in [4.69, 9.17) is 11.8 Å². The smallest absolute Gasteiger partial charge is 0.292 e. The van der Waals surface area contributed by atoms with E-state index in [0.717, 1.165) is 12.1 Å². The van der Waals surface area contributed by atoms with Gasteiger partial charge in [-0.1, -0.05) is 0 Å². The van der Waals surface area contributed by atoms with E-state index in [1.54, 1.807) is 0 Å². The number of non-ortho nitro benzene ring substituents is 1. The van der Waals surface area contributed by atoms with Crippen molar-refractivity contribution in [2.24, 2.45) is 0 Å². The van der Waals surface area contributed by atoms with E-state index in [9.17, 15) is 20.2 Å². The molecule has 74 valence electrons. The first kappa shape index (κ1) is 10.2. The minimum atomic E-state index is -0.752. The van der Waals surface area contributed by atoms with Gasteiger partial charge >= 0.3 is 0 Å². The van der Waals surface area contributed by atoms with Gasteiger partial charge in [-0.3, -0.25) is 25.1 Å². The zero-order valence-electron chi connectivity index (χ0n) is 6.64. The van der Waals surface area contributed by atoms with Gasteiger partial charge in [-0.25, -0.2) is 0 Å². The molecule has 1 aromatic rings. The predicted octanol–water partition coefficient (Wildman–Crippen LogP) is 2.07. The molecule has 0 aliphatic rings. The maximum atomic E-state index is 10.4. The fraction of sp³-hybridized carbons (Fsp3) is 0. The highest BCUT2D eigenvalue weighted by Gasteiger charge is 2.18. The third kappa shape index (κ3) is 1.88. The van der Waals surface area contributed by atoms with Gasteiger partial charge in [0, 0.05) is 17.8 Å². The second-order valence-electron chi connectivity index (χ2n) is 2.31. The van der Waals surface area contributed by atoms with Gasteiger partial charge in [0.05, 0.1) is 15.9 Å². The molecule has 0 saturated heterocycles. The van der Waals surface area contributed by atoms with Crippen LogP contribution in [-0.4, -0.2) is 9.85 Å². The normalized spacial score (nSPS) is 9.50. The Bertz CT molecular complexity index is 395. The van der Waals surface area contributed by atoms with Crippen LogP contribution >= 0.6 is 11.8 Å². The second-order valence-corrected chi connectivity index (χ2v) is 2.50. The molecule has 0 saturated carbocycles. The molecule has 0 aliphatic heterocycles. The van der Waals surface area contributed by atoms with Gasteiger partial charge in [-0.15, -0.1) is 0 Å². The highest BCUT2D eigenvalue weighted by molar-refractivity contribution is 6.24. The number of rotatable bonds is 3. The highest BCUT2D eigenvalue weighted by atomic mass is 35.5. The fourth-order valence-electron chi connectivity index (χ4n) is 0.865. The summed E-state index contributed by atoms with van der Waals surface area (Å²) >= 11 is 5.18. The summed E-state index contributed by atoms with van der Waals surface area (Å²) in [5, 5.41) is 20.7. The number of hydrogen-bond donors (Lipinski definition) is 1. The zero-order valence-corrected chi connectivity index (χ0v) is 7.39. The van der Waals surface area contributed by atoms with E-state index in [0.29, 0.717) is 0 Å². The lowest BCUT2D eigenvalue weighted by Gasteiger charge is -1.98. The molecule has 0 atom stereocenters. The first-order valence-corrected chi connectivity index (χ1v) is 3.73. The van der Waals surface area contributed by atoms with Crippen molar-refractivity contribution in [1.82, 2.24) is 0 Å². The van der Waals surface area contributed by atoms with Gasteiger partial charge in [-0.05, 0) is 6.07 Å². The molecule has 0 amide bonds. The minimum Gasteiger partial charge on any atom is -0.292 e. The summed E-state index contributed by atoms with van der Waals surface area (Å²) in [5.74, 6) is 0. The third-order valence-corrected chi connectivity index (χ3v) is 1.69. The molecule has 0 bridgehead atoms. The third-order valence-electron chi connectivity index (χ3n) is 1.49. The Hall–Kier alpha value is -1.89. The molecule has 0 radical (unpaired) electrons. The summed E-state index contributed by atoms with van der Waals surface area (Å²) < 4.78 is 0. The minimum absolute atomic E-state index is 0.0160. The number of nitro groups is 2. The van der Waals surface area contributed by atoms with Crippen molar-refractivity contribution in [1.29, 1.82) is 0 Å². The van der Waals surface area contributed by atoms with Crippen molar-refractivity contribution in [2.75, 3.05) is 4.84 Å². The SMILES string of the molecule is O=[N+]([O-])c1ccc(NCl)c([N+](=O)[O-])c1. The number of nitrogens with zero attached hydrogens (tertiary/aromatic N) is 2. The van der Waals surface area contributed by atoms with Crippen LogP contribution < -0.4 is 4.84 Å². The monoisotopic (exact) mass is 217 g/mol. The Morgan fingerprint density at radius 2 is 1.86 bits per heavy atom. The van der Waals surface area contributed by atoms with Crippen molar-refractivity contribution < 1.29 is 9.85 Å². The molecule has 7 nitrogen and oxygen atoms in total. The van der Waals surface area contributed by atoms with Gasteiger partial charge in [0.1, 0.15) is 5.69 Å². The summed E-state index contributed by atoms with van der Waals surface area (Å²) in [4.78, 5) is 21.3. The number of anilines is 1. The molecule has 1 aromatic carbocycles. The maximum Gasteiger partial charge on any atom is 0.300 e. The number of nitrogens with one attached hydrogen (secondary N) is 1. The van der Waals surface area contributed by atoms with Crippen LogP contribution in [0.1, 0.15) is 0 Å². The average Bonchev–Trinajstić information content (AvgIpc) is 2.16. The van der Waals surface area contributed by atoms with Crippen molar-refractivity contribution in [3.8, 4) is 0 Å².